The highest BCUT2D eigenvalue weighted by molar-refractivity contribution is 5.31. The number of methoxy groups -OCH3 is 1. The monoisotopic (exact) mass is 287 g/mol. The Morgan fingerprint density at radius 2 is 2.00 bits per heavy atom. The molecule has 2 aromatic rings. The fraction of sp³-hybridized carbons (Fsp3) is 0.471. The lowest BCUT2D eigenvalue weighted by Gasteiger charge is -2.10. The van der Waals surface area contributed by atoms with E-state index in [-0.39, 0.29) is 0 Å². The second-order valence-corrected chi connectivity index (χ2v) is 5.51. The molecule has 0 unspecified atom stereocenters. The van der Waals surface area contributed by atoms with Crippen molar-refractivity contribution in [2.45, 2.75) is 33.9 Å². The molecule has 0 bridgehead atoms. The van der Waals surface area contributed by atoms with Crippen LogP contribution in [0.2, 0.25) is 0 Å². The van der Waals surface area contributed by atoms with Gasteiger partial charge in [-0.05, 0) is 31.9 Å². The van der Waals surface area contributed by atoms with Crippen LogP contribution < -0.4 is 5.32 Å². The molecule has 0 saturated heterocycles. The fourth-order valence-corrected chi connectivity index (χ4v) is 2.35. The minimum Gasteiger partial charge on any atom is -0.383 e. The third-order valence-corrected chi connectivity index (χ3v) is 3.83. The summed E-state index contributed by atoms with van der Waals surface area (Å²) in [7, 11) is 1.72. The highest BCUT2D eigenvalue weighted by Crippen LogP contribution is 2.14. The molecule has 0 radical (unpaired) electrons. The van der Waals surface area contributed by atoms with Gasteiger partial charge in [-0.2, -0.15) is 5.10 Å². The van der Waals surface area contributed by atoms with Crippen LogP contribution in [0.1, 0.15) is 27.9 Å². The van der Waals surface area contributed by atoms with Gasteiger partial charge in [-0.1, -0.05) is 23.8 Å². The van der Waals surface area contributed by atoms with Gasteiger partial charge in [0, 0.05) is 31.5 Å². The standard InChI is InChI=1S/C17H25N3O/c1-13-5-6-14(2)16(9-13)12-20-15(3)17(11-19-20)10-18-7-8-21-4/h5-6,9,11,18H,7-8,10,12H2,1-4H3. The second kappa shape index (κ2) is 7.38. The number of nitrogens with one attached hydrogen (secondary N) is 1. The van der Waals surface area contributed by atoms with E-state index in [0.717, 1.165) is 26.2 Å². The lowest BCUT2D eigenvalue weighted by Crippen LogP contribution is -2.19. The molecule has 0 saturated carbocycles. The van der Waals surface area contributed by atoms with Crippen LogP contribution >= 0.6 is 0 Å². The number of aryl methyl sites for hydroxylation is 2. The van der Waals surface area contributed by atoms with Crippen LogP contribution in [-0.4, -0.2) is 30.0 Å². The van der Waals surface area contributed by atoms with Gasteiger partial charge in [0.05, 0.1) is 19.3 Å². The lowest BCUT2D eigenvalue weighted by atomic mass is 10.1. The molecule has 21 heavy (non-hydrogen) atoms. The Labute approximate surface area is 127 Å². The van der Waals surface area contributed by atoms with Gasteiger partial charge in [-0.3, -0.25) is 4.68 Å². The summed E-state index contributed by atoms with van der Waals surface area (Å²) in [4.78, 5) is 0. The zero-order valence-electron chi connectivity index (χ0n) is 13.4. The molecule has 4 heteroatoms. The van der Waals surface area contributed by atoms with E-state index in [4.69, 9.17) is 4.74 Å². The molecule has 1 N–H and O–H groups in total. The number of aromatic nitrogens is 2. The summed E-state index contributed by atoms with van der Waals surface area (Å²) in [6.45, 7) is 9.67. The summed E-state index contributed by atoms with van der Waals surface area (Å²) >= 11 is 0. The van der Waals surface area contributed by atoms with Crippen LogP contribution in [0.4, 0.5) is 0 Å². The molecular formula is C17H25N3O. The van der Waals surface area contributed by atoms with Crippen LogP contribution in [0.15, 0.2) is 24.4 Å². The summed E-state index contributed by atoms with van der Waals surface area (Å²) in [5, 5.41) is 7.89. The third kappa shape index (κ3) is 4.16. The van der Waals surface area contributed by atoms with Gasteiger partial charge in [-0.15, -0.1) is 0 Å². The SMILES string of the molecule is COCCNCc1cnn(Cc2cc(C)ccc2C)c1C. The van der Waals surface area contributed by atoms with Gasteiger partial charge in [-0.25, -0.2) is 0 Å². The molecule has 0 atom stereocenters. The van der Waals surface area contributed by atoms with Crippen molar-refractivity contribution < 1.29 is 4.74 Å². The molecule has 1 heterocycles. The first-order valence-electron chi connectivity index (χ1n) is 7.39. The van der Waals surface area contributed by atoms with E-state index in [9.17, 15) is 0 Å². The number of ether oxygens (including phenoxy) is 1. The summed E-state index contributed by atoms with van der Waals surface area (Å²) in [6, 6.07) is 6.57. The Kier molecular flexibility index (Phi) is 5.53. The molecule has 2 rings (SSSR count). The van der Waals surface area contributed by atoms with Gasteiger partial charge in [0.1, 0.15) is 0 Å². The predicted molar refractivity (Wildman–Crippen MR) is 85.6 cm³/mol. The minimum atomic E-state index is 0.732. The summed E-state index contributed by atoms with van der Waals surface area (Å²) < 4.78 is 7.11. The number of hydrogen-bond acceptors (Lipinski definition) is 3. The highest BCUT2D eigenvalue weighted by Gasteiger charge is 2.08. The van der Waals surface area contributed by atoms with Crippen molar-refractivity contribution in [1.29, 1.82) is 0 Å². The Bertz CT molecular complexity index is 590. The average Bonchev–Trinajstić information content (AvgIpc) is 2.80. The highest BCUT2D eigenvalue weighted by atomic mass is 16.5. The average molecular weight is 287 g/mol. The van der Waals surface area contributed by atoms with Crippen molar-refractivity contribution >= 4 is 0 Å². The maximum atomic E-state index is 5.04. The van der Waals surface area contributed by atoms with Crippen LogP contribution in [0, 0.1) is 20.8 Å². The topological polar surface area (TPSA) is 39.1 Å². The molecular weight excluding hydrogens is 262 g/mol. The number of rotatable bonds is 7. The van der Waals surface area contributed by atoms with Crippen molar-refractivity contribution in [2.75, 3.05) is 20.3 Å². The van der Waals surface area contributed by atoms with E-state index >= 15 is 0 Å². The number of benzene rings is 1. The first-order valence-corrected chi connectivity index (χ1v) is 7.39. The van der Waals surface area contributed by atoms with Crippen molar-refractivity contribution in [3.63, 3.8) is 0 Å². The lowest BCUT2D eigenvalue weighted by molar-refractivity contribution is 0.199. The Morgan fingerprint density at radius 3 is 2.76 bits per heavy atom. The molecule has 1 aromatic carbocycles. The smallest absolute Gasteiger partial charge is 0.0665 e. The van der Waals surface area contributed by atoms with Crippen molar-refractivity contribution in [1.82, 2.24) is 15.1 Å². The Balaban J connectivity index is 2.04. The molecule has 1 aromatic heterocycles. The van der Waals surface area contributed by atoms with Crippen LogP contribution in [0.3, 0.4) is 0 Å². The number of nitrogens with zero attached hydrogens (tertiary/aromatic N) is 2. The fourth-order valence-electron chi connectivity index (χ4n) is 2.35. The zero-order chi connectivity index (χ0) is 15.2. The van der Waals surface area contributed by atoms with E-state index in [1.165, 1.54) is 27.9 Å². The quantitative estimate of drug-likeness (QED) is 0.796. The molecule has 0 aliphatic heterocycles. The normalized spacial score (nSPS) is 11.0. The van der Waals surface area contributed by atoms with Crippen molar-refractivity contribution in [3.05, 3.63) is 52.3 Å². The van der Waals surface area contributed by atoms with E-state index in [0.29, 0.717) is 0 Å². The van der Waals surface area contributed by atoms with E-state index in [1.807, 2.05) is 6.20 Å². The van der Waals surface area contributed by atoms with E-state index in [1.54, 1.807) is 7.11 Å². The number of hydrogen-bond donors (Lipinski definition) is 1. The first-order chi connectivity index (χ1) is 10.1. The Hall–Kier alpha value is -1.65. The van der Waals surface area contributed by atoms with Gasteiger partial charge in [0.2, 0.25) is 0 Å². The van der Waals surface area contributed by atoms with Crippen molar-refractivity contribution in [3.8, 4) is 0 Å². The maximum Gasteiger partial charge on any atom is 0.0665 e. The predicted octanol–water partition coefficient (Wildman–Crippen LogP) is 2.59. The van der Waals surface area contributed by atoms with Crippen molar-refractivity contribution in [2.24, 2.45) is 0 Å². The van der Waals surface area contributed by atoms with Gasteiger partial charge >= 0.3 is 0 Å². The van der Waals surface area contributed by atoms with Crippen LogP contribution in [0.25, 0.3) is 0 Å². The molecule has 0 aliphatic carbocycles. The minimum absolute atomic E-state index is 0.732. The van der Waals surface area contributed by atoms with Gasteiger partial charge in [0.15, 0.2) is 0 Å². The van der Waals surface area contributed by atoms with E-state index in [2.05, 4.69) is 54.1 Å². The van der Waals surface area contributed by atoms with Crippen LogP contribution in [-0.2, 0) is 17.8 Å². The van der Waals surface area contributed by atoms with Gasteiger partial charge < -0.3 is 10.1 Å². The molecule has 0 fully saturated rings. The van der Waals surface area contributed by atoms with E-state index < -0.39 is 0 Å². The van der Waals surface area contributed by atoms with Crippen LogP contribution in [0.5, 0.6) is 0 Å². The summed E-state index contributed by atoms with van der Waals surface area (Å²) in [6.07, 6.45) is 1.96. The zero-order valence-corrected chi connectivity index (χ0v) is 13.4. The largest absolute Gasteiger partial charge is 0.383 e. The first kappa shape index (κ1) is 15.7. The molecule has 0 aliphatic rings. The molecule has 4 nitrogen and oxygen atoms in total. The maximum absolute atomic E-state index is 5.04. The summed E-state index contributed by atoms with van der Waals surface area (Å²) in [5.74, 6) is 0. The third-order valence-electron chi connectivity index (χ3n) is 3.83. The summed E-state index contributed by atoms with van der Waals surface area (Å²) in [5.41, 5.74) is 6.41. The Morgan fingerprint density at radius 1 is 1.19 bits per heavy atom. The molecule has 0 amide bonds. The van der Waals surface area contributed by atoms with Gasteiger partial charge in [0.25, 0.3) is 0 Å². The molecule has 0 spiro atoms. The molecule has 114 valence electrons. The second-order valence-electron chi connectivity index (χ2n) is 5.51.